The summed E-state index contributed by atoms with van der Waals surface area (Å²) in [4.78, 5) is 11.9. The molecule has 0 spiro atoms. The minimum absolute atomic E-state index is 0.166. The van der Waals surface area contributed by atoms with E-state index in [0.29, 0.717) is 29.3 Å². The maximum Gasteiger partial charge on any atom is 0.253 e. The van der Waals surface area contributed by atoms with E-state index in [-0.39, 0.29) is 12.7 Å². The first-order valence-electron chi connectivity index (χ1n) is 5.80. The number of anilines is 1. The molecule has 18 heavy (non-hydrogen) atoms. The number of ether oxygens (including phenoxy) is 2. The second-order valence-corrected chi connectivity index (χ2v) is 3.98. The van der Waals surface area contributed by atoms with E-state index in [0.717, 1.165) is 12.8 Å². The minimum Gasteiger partial charge on any atom is -0.454 e. The first-order valence-corrected chi connectivity index (χ1v) is 5.80. The Hall–Kier alpha value is -2.17. The van der Waals surface area contributed by atoms with Crippen molar-refractivity contribution in [2.24, 2.45) is 0 Å². The molecule has 5 heteroatoms. The van der Waals surface area contributed by atoms with Gasteiger partial charge in [0.15, 0.2) is 11.5 Å². The Labute approximate surface area is 106 Å². The first-order chi connectivity index (χ1) is 8.72. The predicted molar refractivity (Wildman–Crippen MR) is 68.7 cm³/mol. The zero-order chi connectivity index (χ0) is 13.0. The smallest absolute Gasteiger partial charge is 0.253 e. The summed E-state index contributed by atoms with van der Waals surface area (Å²) in [5.74, 6) is 0.936. The highest BCUT2D eigenvalue weighted by molar-refractivity contribution is 6.00. The van der Waals surface area contributed by atoms with E-state index < -0.39 is 0 Å². The molecule has 0 bridgehead atoms. The van der Waals surface area contributed by atoms with Crippen molar-refractivity contribution in [3.05, 3.63) is 30.4 Å². The van der Waals surface area contributed by atoms with E-state index in [9.17, 15) is 4.79 Å². The standard InChI is InChI=1S/C13H16N2O3/c1-2-3-4-5-15-13(16)9-6-11-12(7-10(9)14)18-8-17-11/h2,6-7H,1,3-5,8,14H2,(H,15,16). The van der Waals surface area contributed by atoms with Gasteiger partial charge in [-0.2, -0.15) is 0 Å². The normalized spacial score (nSPS) is 12.2. The van der Waals surface area contributed by atoms with Crippen molar-refractivity contribution in [1.29, 1.82) is 0 Å². The van der Waals surface area contributed by atoms with Crippen molar-refractivity contribution in [2.75, 3.05) is 19.1 Å². The molecule has 0 saturated heterocycles. The van der Waals surface area contributed by atoms with Crippen molar-refractivity contribution in [3.63, 3.8) is 0 Å². The molecule has 1 amide bonds. The second kappa shape index (κ2) is 5.44. The molecule has 0 unspecified atom stereocenters. The van der Waals surface area contributed by atoms with Crippen LogP contribution in [0.25, 0.3) is 0 Å². The molecule has 1 aromatic carbocycles. The lowest BCUT2D eigenvalue weighted by atomic mass is 10.1. The van der Waals surface area contributed by atoms with Crippen LogP contribution in [0, 0.1) is 0 Å². The van der Waals surface area contributed by atoms with Crippen LogP contribution in [-0.4, -0.2) is 19.2 Å². The van der Waals surface area contributed by atoms with E-state index in [2.05, 4.69) is 11.9 Å². The highest BCUT2D eigenvalue weighted by Crippen LogP contribution is 2.35. The van der Waals surface area contributed by atoms with Gasteiger partial charge in [-0.25, -0.2) is 0 Å². The molecule has 1 aliphatic rings. The molecule has 2 rings (SSSR count). The number of unbranched alkanes of at least 4 members (excludes halogenated alkanes) is 1. The Bertz CT molecular complexity index is 472. The van der Waals surface area contributed by atoms with Crippen LogP contribution < -0.4 is 20.5 Å². The molecule has 0 aromatic heterocycles. The van der Waals surface area contributed by atoms with Crippen LogP contribution >= 0.6 is 0 Å². The van der Waals surface area contributed by atoms with E-state index >= 15 is 0 Å². The summed E-state index contributed by atoms with van der Waals surface area (Å²) >= 11 is 0. The number of fused-ring (bicyclic) bond motifs is 1. The predicted octanol–water partition coefficient (Wildman–Crippen LogP) is 1.69. The molecule has 3 N–H and O–H groups in total. The summed E-state index contributed by atoms with van der Waals surface area (Å²) in [5, 5.41) is 2.80. The Morgan fingerprint density at radius 1 is 1.44 bits per heavy atom. The first kappa shape index (κ1) is 12.3. The summed E-state index contributed by atoms with van der Waals surface area (Å²) in [5.41, 5.74) is 6.62. The number of benzene rings is 1. The van der Waals surface area contributed by atoms with Crippen LogP contribution in [0.15, 0.2) is 24.8 Å². The van der Waals surface area contributed by atoms with Crippen molar-refractivity contribution >= 4 is 11.6 Å². The lowest BCUT2D eigenvalue weighted by Crippen LogP contribution is -2.25. The third kappa shape index (κ3) is 2.56. The van der Waals surface area contributed by atoms with Crippen molar-refractivity contribution in [2.45, 2.75) is 12.8 Å². The van der Waals surface area contributed by atoms with Crippen LogP contribution in [0.4, 0.5) is 5.69 Å². The largest absolute Gasteiger partial charge is 0.454 e. The fraction of sp³-hybridized carbons (Fsp3) is 0.308. The van der Waals surface area contributed by atoms with Gasteiger partial charge in [-0.1, -0.05) is 6.08 Å². The van der Waals surface area contributed by atoms with Gasteiger partial charge in [0, 0.05) is 18.3 Å². The molecule has 96 valence electrons. The highest BCUT2D eigenvalue weighted by Gasteiger charge is 2.19. The van der Waals surface area contributed by atoms with Gasteiger partial charge in [0.25, 0.3) is 5.91 Å². The number of rotatable bonds is 5. The molecule has 0 fully saturated rings. The number of hydrogen-bond acceptors (Lipinski definition) is 4. The Balaban J connectivity index is 2.04. The summed E-state index contributed by atoms with van der Waals surface area (Å²) in [7, 11) is 0. The number of nitrogens with two attached hydrogens (primary N) is 1. The van der Waals surface area contributed by atoms with Gasteiger partial charge in [-0.3, -0.25) is 4.79 Å². The van der Waals surface area contributed by atoms with Gasteiger partial charge in [-0.15, -0.1) is 6.58 Å². The molecule has 0 aliphatic carbocycles. The minimum atomic E-state index is -0.199. The van der Waals surface area contributed by atoms with Gasteiger partial charge >= 0.3 is 0 Å². The zero-order valence-corrected chi connectivity index (χ0v) is 10.1. The topological polar surface area (TPSA) is 73.6 Å². The number of carbonyl (C=O) groups is 1. The number of nitrogen functional groups attached to an aromatic ring is 1. The molecule has 1 aliphatic heterocycles. The van der Waals surface area contributed by atoms with Crippen molar-refractivity contribution in [1.82, 2.24) is 5.32 Å². The van der Waals surface area contributed by atoms with Crippen LogP contribution in [0.5, 0.6) is 11.5 Å². The maximum atomic E-state index is 11.9. The Morgan fingerprint density at radius 3 is 2.89 bits per heavy atom. The lowest BCUT2D eigenvalue weighted by molar-refractivity contribution is 0.0953. The second-order valence-electron chi connectivity index (χ2n) is 3.98. The summed E-state index contributed by atoms with van der Waals surface area (Å²) in [6.07, 6.45) is 3.55. The fourth-order valence-electron chi connectivity index (χ4n) is 1.70. The molecule has 1 heterocycles. The van der Waals surface area contributed by atoms with Gasteiger partial charge in [-0.05, 0) is 18.9 Å². The van der Waals surface area contributed by atoms with Crippen LogP contribution in [-0.2, 0) is 0 Å². The lowest BCUT2D eigenvalue weighted by Gasteiger charge is -2.08. The van der Waals surface area contributed by atoms with Crippen molar-refractivity contribution in [3.8, 4) is 11.5 Å². The fourth-order valence-corrected chi connectivity index (χ4v) is 1.70. The molecule has 5 nitrogen and oxygen atoms in total. The van der Waals surface area contributed by atoms with Gasteiger partial charge in [0.05, 0.1) is 5.56 Å². The Morgan fingerprint density at radius 2 is 2.17 bits per heavy atom. The summed E-state index contributed by atoms with van der Waals surface area (Å²) in [6.45, 7) is 4.39. The SMILES string of the molecule is C=CCCCNC(=O)c1cc2c(cc1N)OCO2. The number of amides is 1. The average Bonchev–Trinajstić information content (AvgIpc) is 2.80. The average molecular weight is 248 g/mol. The van der Waals surface area contributed by atoms with Crippen LogP contribution in [0.3, 0.4) is 0 Å². The maximum absolute atomic E-state index is 11.9. The Kier molecular flexibility index (Phi) is 3.72. The molecular formula is C13H16N2O3. The van der Waals surface area contributed by atoms with Crippen LogP contribution in [0.1, 0.15) is 23.2 Å². The number of allylic oxidation sites excluding steroid dienone is 1. The zero-order valence-electron chi connectivity index (χ0n) is 10.1. The van der Waals surface area contributed by atoms with E-state index in [4.69, 9.17) is 15.2 Å². The third-order valence-corrected chi connectivity index (χ3v) is 2.66. The van der Waals surface area contributed by atoms with Gasteiger partial charge in [0.2, 0.25) is 6.79 Å². The quantitative estimate of drug-likeness (QED) is 0.472. The van der Waals surface area contributed by atoms with E-state index in [1.165, 1.54) is 0 Å². The highest BCUT2D eigenvalue weighted by atomic mass is 16.7. The van der Waals surface area contributed by atoms with Crippen LogP contribution in [0.2, 0.25) is 0 Å². The van der Waals surface area contributed by atoms with Gasteiger partial charge in [0.1, 0.15) is 0 Å². The molecule has 0 saturated carbocycles. The summed E-state index contributed by atoms with van der Waals surface area (Å²) in [6, 6.07) is 3.22. The molecule has 0 radical (unpaired) electrons. The molecule has 1 aromatic rings. The van der Waals surface area contributed by atoms with Gasteiger partial charge < -0.3 is 20.5 Å². The van der Waals surface area contributed by atoms with E-state index in [1.54, 1.807) is 12.1 Å². The summed E-state index contributed by atoms with van der Waals surface area (Å²) < 4.78 is 10.4. The third-order valence-electron chi connectivity index (χ3n) is 2.66. The van der Waals surface area contributed by atoms with Crippen molar-refractivity contribution < 1.29 is 14.3 Å². The number of hydrogen-bond donors (Lipinski definition) is 2. The number of nitrogens with one attached hydrogen (secondary N) is 1. The molecular weight excluding hydrogens is 232 g/mol. The number of carbonyl (C=O) groups excluding carboxylic acids is 1. The van der Waals surface area contributed by atoms with E-state index in [1.807, 2.05) is 6.08 Å². The monoisotopic (exact) mass is 248 g/mol. The molecule has 0 atom stereocenters.